The molecule has 0 spiro atoms. The van der Waals surface area contributed by atoms with Crippen molar-refractivity contribution in [1.29, 1.82) is 0 Å². The molecule has 5 nitrogen and oxygen atoms in total. The van der Waals surface area contributed by atoms with E-state index in [9.17, 15) is 4.79 Å². The molecule has 2 aliphatic rings. The molecule has 1 aromatic rings. The summed E-state index contributed by atoms with van der Waals surface area (Å²) >= 11 is 0. The number of ether oxygens (including phenoxy) is 1. The first-order chi connectivity index (χ1) is 11.0. The zero-order valence-electron chi connectivity index (χ0n) is 14.4. The Kier molecular flexibility index (Phi) is 4.87. The normalized spacial score (nSPS) is 19.6. The largest absolute Gasteiger partial charge is 0.490 e. The lowest BCUT2D eigenvalue weighted by Crippen LogP contribution is -2.50. The molecular weight excluding hydrogens is 290 g/mol. The maximum Gasteiger partial charge on any atom is 0.241 e. The van der Waals surface area contributed by atoms with Gasteiger partial charge in [0, 0.05) is 26.2 Å². The van der Waals surface area contributed by atoms with E-state index in [-0.39, 0.29) is 5.91 Å². The second-order valence-electron chi connectivity index (χ2n) is 6.86. The van der Waals surface area contributed by atoms with E-state index < -0.39 is 0 Å². The average molecular weight is 317 g/mol. The zero-order valence-corrected chi connectivity index (χ0v) is 14.4. The van der Waals surface area contributed by atoms with Crippen LogP contribution in [-0.4, -0.2) is 68.6 Å². The van der Waals surface area contributed by atoms with Gasteiger partial charge >= 0.3 is 0 Å². The standard InChI is InChI=1S/C18H27N3O2/c1-14(2)15-4-5-17-16(12-15)21(10-11-23-17)18(22)13-20-8-6-19(3)7-9-20/h4-5,12,14H,6-11,13H2,1-3H3. The lowest BCUT2D eigenvalue weighted by Gasteiger charge is -2.35. The summed E-state index contributed by atoms with van der Waals surface area (Å²) < 4.78 is 5.73. The third-order valence-corrected chi connectivity index (χ3v) is 4.77. The molecule has 3 rings (SSSR count). The van der Waals surface area contributed by atoms with Gasteiger partial charge in [0.2, 0.25) is 5.91 Å². The van der Waals surface area contributed by atoms with Gasteiger partial charge in [-0.25, -0.2) is 0 Å². The molecule has 1 amide bonds. The number of fused-ring (bicyclic) bond motifs is 1. The van der Waals surface area contributed by atoms with Gasteiger partial charge in [0.05, 0.1) is 18.8 Å². The first kappa shape index (κ1) is 16.3. The van der Waals surface area contributed by atoms with Crippen molar-refractivity contribution in [3.63, 3.8) is 0 Å². The summed E-state index contributed by atoms with van der Waals surface area (Å²) in [5.41, 5.74) is 2.17. The predicted molar refractivity (Wildman–Crippen MR) is 92.3 cm³/mol. The van der Waals surface area contributed by atoms with Crippen molar-refractivity contribution in [2.45, 2.75) is 19.8 Å². The van der Waals surface area contributed by atoms with E-state index in [1.54, 1.807) is 0 Å². The lowest BCUT2D eigenvalue weighted by atomic mass is 10.0. The van der Waals surface area contributed by atoms with Gasteiger partial charge in [0.1, 0.15) is 12.4 Å². The van der Waals surface area contributed by atoms with Crippen LogP contribution in [0.4, 0.5) is 5.69 Å². The number of carbonyl (C=O) groups is 1. The van der Waals surface area contributed by atoms with Crippen molar-refractivity contribution in [1.82, 2.24) is 9.80 Å². The van der Waals surface area contributed by atoms with E-state index in [2.05, 4.69) is 42.8 Å². The molecule has 1 saturated heterocycles. The highest BCUT2D eigenvalue weighted by atomic mass is 16.5. The van der Waals surface area contributed by atoms with Gasteiger partial charge in [-0.05, 0) is 30.7 Å². The van der Waals surface area contributed by atoms with Crippen LogP contribution in [0.25, 0.3) is 0 Å². The number of rotatable bonds is 3. The molecule has 1 fully saturated rings. The minimum absolute atomic E-state index is 0.181. The van der Waals surface area contributed by atoms with Gasteiger partial charge in [-0.15, -0.1) is 0 Å². The highest BCUT2D eigenvalue weighted by Crippen LogP contribution is 2.34. The summed E-state index contributed by atoms with van der Waals surface area (Å²) in [4.78, 5) is 19.3. The van der Waals surface area contributed by atoms with Crippen LogP contribution in [0.5, 0.6) is 5.75 Å². The Morgan fingerprint density at radius 3 is 2.61 bits per heavy atom. The van der Waals surface area contributed by atoms with Crippen LogP contribution in [0.15, 0.2) is 18.2 Å². The zero-order chi connectivity index (χ0) is 16.4. The first-order valence-electron chi connectivity index (χ1n) is 8.52. The van der Waals surface area contributed by atoms with Crippen molar-refractivity contribution in [2.75, 3.05) is 57.8 Å². The van der Waals surface area contributed by atoms with Gasteiger partial charge in [-0.1, -0.05) is 19.9 Å². The quantitative estimate of drug-likeness (QED) is 0.851. The third-order valence-electron chi connectivity index (χ3n) is 4.77. The summed E-state index contributed by atoms with van der Waals surface area (Å²) in [6.07, 6.45) is 0. The fraction of sp³-hybridized carbons (Fsp3) is 0.611. The Balaban J connectivity index is 1.73. The Morgan fingerprint density at radius 2 is 1.91 bits per heavy atom. The summed E-state index contributed by atoms with van der Waals surface area (Å²) in [5, 5.41) is 0. The molecule has 0 aliphatic carbocycles. The van der Waals surface area contributed by atoms with Gasteiger partial charge in [-0.3, -0.25) is 9.69 Å². The number of piperazine rings is 1. The van der Waals surface area contributed by atoms with Gasteiger partial charge in [-0.2, -0.15) is 0 Å². The first-order valence-corrected chi connectivity index (χ1v) is 8.52. The molecule has 2 aliphatic heterocycles. The molecule has 0 N–H and O–H groups in total. The van der Waals surface area contributed by atoms with Gasteiger partial charge in [0.15, 0.2) is 0 Å². The van der Waals surface area contributed by atoms with Crippen LogP contribution in [0, 0.1) is 0 Å². The van der Waals surface area contributed by atoms with E-state index in [1.807, 2.05) is 11.0 Å². The Hall–Kier alpha value is -1.59. The minimum atomic E-state index is 0.181. The van der Waals surface area contributed by atoms with Gasteiger partial charge in [0.25, 0.3) is 0 Å². The molecule has 23 heavy (non-hydrogen) atoms. The molecule has 5 heteroatoms. The summed E-state index contributed by atoms with van der Waals surface area (Å²) in [7, 11) is 2.13. The van der Waals surface area contributed by atoms with Crippen LogP contribution in [0.3, 0.4) is 0 Å². The number of carbonyl (C=O) groups excluding carboxylic acids is 1. The molecule has 0 aromatic heterocycles. The van der Waals surface area contributed by atoms with E-state index in [4.69, 9.17) is 4.74 Å². The molecule has 0 unspecified atom stereocenters. The monoisotopic (exact) mass is 317 g/mol. The minimum Gasteiger partial charge on any atom is -0.490 e. The molecular formula is C18H27N3O2. The van der Waals surface area contributed by atoms with Crippen molar-refractivity contribution >= 4 is 11.6 Å². The highest BCUT2D eigenvalue weighted by molar-refractivity contribution is 5.96. The summed E-state index contributed by atoms with van der Waals surface area (Å²) in [6.45, 7) is 10.0. The van der Waals surface area contributed by atoms with Crippen LogP contribution < -0.4 is 9.64 Å². The average Bonchev–Trinajstić information content (AvgIpc) is 2.55. The molecule has 0 saturated carbocycles. The van der Waals surface area contributed by atoms with E-state index in [0.717, 1.165) is 37.6 Å². The van der Waals surface area contributed by atoms with Crippen LogP contribution in [0.2, 0.25) is 0 Å². The van der Waals surface area contributed by atoms with Crippen molar-refractivity contribution in [3.8, 4) is 5.75 Å². The second kappa shape index (κ2) is 6.89. The van der Waals surface area contributed by atoms with E-state index >= 15 is 0 Å². The van der Waals surface area contributed by atoms with E-state index in [1.165, 1.54) is 5.56 Å². The Bertz CT molecular complexity index is 565. The number of nitrogens with zero attached hydrogens (tertiary/aromatic N) is 3. The fourth-order valence-corrected chi connectivity index (χ4v) is 3.14. The van der Waals surface area contributed by atoms with E-state index in [0.29, 0.717) is 25.6 Å². The maximum atomic E-state index is 12.8. The molecule has 0 bridgehead atoms. The van der Waals surface area contributed by atoms with Crippen LogP contribution in [-0.2, 0) is 4.79 Å². The second-order valence-corrected chi connectivity index (χ2v) is 6.86. The van der Waals surface area contributed by atoms with Crippen LogP contribution in [0.1, 0.15) is 25.3 Å². The maximum absolute atomic E-state index is 12.8. The van der Waals surface area contributed by atoms with Crippen LogP contribution >= 0.6 is 0 Å². The SMILES string of the molecule is CC(C)c1ccc2c(c1)N(C(=O)CN1CCN(C)CC1)CCO2. The molecule has 126 valence electrons. The lowest BCUT2D eigenvalue weighted by molar-refractivity contribution is -0.120. The Labute approximate surface area is 138 Å². The predicted octanol–water partition coefficient (Wildman–Crippen LogP) is 1.78. The van der Waals surface area contributed by atoms with Crippen molar-refractivity contribution < 1.29 is 9.53 Å². The number of hydrogen-bond acceptors (Lipinski definition) is 4. The number of likely N-dealkylation sites (N-methyl/N-ethyl adjacent to an activating group) is 1. The number of amides is 1. The molecule has 0 atom stereocenters. The molecule has 2 heterocycles. The van der Waals surface area contributed by atoms with Crippen molar-refractivity contribution in [3.05, 3.63) is 23.8 Å². The smallest absolute Gasteiger partial charge is 0.241 e. The summed E-state index contributed by atoms with van der Waals surface area (Å²) in [5.74, 6) is 1.45. The molecule has 1 aromatic carbocycles. The number of anilines is 1. The Morgan fingerprint density at radius 1 is 1.17 bits per heavy atom. The fourth-order valence-electron chi connectivity index (χ4n) is 3.14. The molecule has 0 radical (unpaired) electrons. The third kappa shape index (κ3) is 3.67. The highest BCUT2D eigenvalue weighted by Gasteiger charge is 2.26. The van der Waals surface area contributed by atoms with Gasteiger partial charge < -0.3 is 14.5 Å². The topological polar surface area (TPSA) is 36.0 Å². The summed E-state index contributed by atoms with van der Waals surface area (Å²) in [6, 6.07) is 6.21. The number of hydrogen-bond donors (Lipinski definition) is 0. The van der Waals surface area contributed by atoms with Crippen molar-refractivity contribution in [2.24, 2.45) is 0 Å². The number of benzene rings is 1.